The molecule has 0 radical (unpaired) electrons. The molecule has 1 saturated heterocycles. The molecule has 0 bridgehead atoms. The highest BCUT2D eigenvalue weighted by Gasteiger charge is 2.26. The van der Waals surface area contributed by atoms with E-state index < -0.39 is 5.97 Å². The molecule has 3 rings (SSSR count). The number of amides is 1. The molecule has 6 nitrogen and oxygen atoms in total. The van der Waals surface area contributed by atoms with Crippen LogP contribution in [0.1, 0.15) is 29.8 Å². The molecule has 2 aromatic carbocycles. The van der Waals surface area contributed by atoms with Crippen LogP contribution in [0.2, 0.25) is 0 Å². The van der Waals surface area contributed by atoms with Gasteiger partial charge in [0.2, 0.25) is 5.91 Å². The molecule has 1 heterocycles. The Bertz CT molecular complexity index is 866. The number of hydrogen-bond acceptors (Lipinski definition) is 4. The highest BCUT2D eigenvalue weighted by atomic mass is 16.4. The van der Waals surface area contributed by atoms with Crippen molar-refractivity contribution >= 4 is 28.9 Å². The van der Waals surface area contributed by atoms with E-state index in [0.717, 1.165) is 19.6 Å². The summed E-state index contributed by atoms with van der Waals surface area (Å²) in [6.45, 7) is 7.92. The average Bonchev–Trinajstić information content (AvgIpc) is 2.61. The van der Waals surface area contributed by atoms with E-state index in [4.69, 9.17) is 0 Å². The van der Waals surface area contributed by atoms with Gasteiger partial charge in [-0.25, -0.2) is 4.79 Å². The Hall–Kier alpha value is -3.02. The van der Waals surface area contributed by atoms with Gasteiger partial charge >= 0.3 is 5.97 Å². The number of rotatable bonds is 4. The third kappa shape index (κ3) is 4.22. The number of piperazine rings is 1. The molecular weight excluding hydrogens is 342 g/mol. The number of carbonyl (C=O) groups excluding carboxylic acids is 1. The van der Waals surface area contributed by atoms with E-state index in [9.17, 15) is 14.7 Å². The number of hydrogen-bond donors (Lipinski definition) is 2. The quantitative estimate of drug-likeness (QED) is 0.867. The maximum absolute atomic E-state index is 11.8. The SMILES string of the molecule is CC(=O)Nc1ccc(N2CCN(c3cccc(C)c3)[C@@H](C)C2)c(C(=O)O)c1. The Morgan fingerprint density at radius 2 is 1.93 bits per heavy atom. The van der Waals surface area contributed by atoms with E-state index >= 15 is 0 Å². The van der Waals surface area contributed by atoms with Gasteiger partial charge in [0, 0.05) is 44.0 Å². The van der Waals surface area contributed by atoms with Gasteiger partial charge in [0.05, 0.1) is 11.3 Å². The van der Waals surface area contributed by atoms with Crippen molar-refractivity contribution in [2.75, 3.05) is 34.8 Å². The molecule has 2 aromatic rings. The second-order valence-corrected chi connectivity index (χ2v) is 7.05. The Labute approximate surface area is 159 Å². The van der Waals surface area contributed by atoms with Crippen molar-refractivity contribution in [2.45, 2.75) is 26.8 Å². The summed E-state index contributed by atoms with van der Waals surface area (Å²) in [5.74, 6) is -1.22. The summed E-state index contributed by atoms with van der Waals surface area (Å²) in [7, 11) is 0. The van der Waals surface area contributed by atoms with Gasteiger partial charge in [-0.15, -0.1) is 0 Å². The summed E-state index contributed by atoms with van der Waals surface area (Å²) >= 11 is 0. The lowest BCUT2D eigenvalue weighted by atomic mass is 10.1. The molecule has 0 spiro atoms. The van der Waals surface area contributed by atoms with Gasteiger partial charge in [-0.3, -0.25) is 4.79 Å². The van der Waals surface area contributed by atoms with Crippen LogP contribution < -0.4 is 15.1 Å². The normalized spacial score (nSPS) is 16.9. The Morgan fingerprint density at radius 3 is 2.56 bits per heavy atom. The van der Waals surface area contributed by atoms with Gasteiger partial charge in [0.25, 0.3) is 0 Å². The molecule has 6 heteroatoms. The molecule has 1 aliphatic heterocycles. The van der Waals surface area contributed by atoms with Crippen molar-refractivity contribution in [3.63, 3.8) is 0 Å². The van der Waals surface area contributed by atoms with E-state index in [0.29, 0.717) is 11.4 Å². The van der Waals surface area contributed by atoms with Gasteiger partial charge < -0.3 is 20.2 Å². The lowest BCUT2D eigenvalue weighted by Crippen LogP contribution is -2.52. The minimum atomic E-state index is -0.994. The lowest BCUT2D eigenvalue weighted by Gasteiger charge is -2.42. The van der Waals surface area contributed by atoms with Gasteiger partial charge in [0.1, 0.15) is 0 Å². The number of aryl methyl sites for hydroxylation is 1. The molecule has 1 fully saturated rings. The molecular formula is C21H25N3O3. The predicted molar refractivity (Wildman–Crippen MR) is 108 cm³/mol. The van der Waals surface area contributed by atoms with E-state index in [1.807, 2.05) is 0 Å². The molecule has 0 aliphatic carbocycles. The standard InChI is InChI=1S/C21H25N3O3/c1-14-5-4-6-18(11-14)24-10-9-23(13-15(24)2)20-8-7-17(22-16(3)25)12-19(20)21(26)27/h4-8,11-12,15H,9-10,13H2,1-3H3,(H,22,25)(H,26,27)/t15-/m0/s1. The number of carboxylic acids is 1. The molecule has 0 aromatic heterocycles. The highest BCUT2D eigenvalue weighted by Crippen LogP contribution is 2.29. The van der Waals surface area contributed by atoms with E-state index in [2.05, 4.69) is 53.2 Å². The van der Waals surface area contributed by atoms with Gasteiger partial charge in [0.15, 0.2) is 0 Å². The first-order valence-corrected chi connectivity index (χ1v) is 9.08. The fourth-order valence-electron chi connectivity index (χ4n) is 3.63. The third-order valence-corrected chi connectivity index (χ3v) is 4.85. The molecule has 1 atom stereocenters. The predicted octanol–water partition coefficient (Wildman–Crippen LogP) is 3.37. The van der Waals surface area contributed by atoms with Crippen molar-refractivity contribution in [3.05, 3.63) is 53.6 Å². The second-order valence-electron chi connectivity index (χ2n) is 7.05. The van der Waals surface area contributed by atoms with Gasteiger partial charge in [-0.2, -0.15) is 0 Å². The largest absolute Gasteiger partial charge is 0.478 e. The zero-order valence-corrected chi connectivity index (χ0v) is 15.9. The molecule has 0 unspecified atom stereocenters. The topological polar surface area (TPSA) is 72.9 Å². The number of carbonyl (C=O) groups is 2. The number of nitrogens with zero attached hydrogens (tertiary/aromatic N) is 2. The summed E-state index contributed by atoms with van der Waals surface area (Å²) in [5.41, 5.74) is 3.81. The number of carboxylic acid groups (broad SMARTS) is 1. The fraction of sp³-hybridized carbons (Fsp3) is 0.333. The molecule has 0 saturated carbocycles. The zero-order chi connectivity index (χ0) is 19.6. The number of nitrogens with one attached hydrogen (secondary N) is 1. The molecule has 1 aliphatic rings. The van der Waals surface area contributed by atoms with Gasteiger partial charge in [-0.1, -0.05) is 12.1 Å². The highest BCUT2D eigenvalue weighted by molar-refractivity contribution is 5.97. The first-order chi connectivity index (χ1) is 12.8. The summed E-state index contributed by atoms with van der Waals surface area (Å²) in [5, 5.41) is 12.3. The summed E-state index contributed by atoms with van der Waals surface area (Å²) < 4.78 is 0. The van der Waals surface area contributed by atoms with Crippen LogP contribution in [0.3, 0.4) is 0 Å². The van der Waals surface area contributed by atoms with E-state index in [1.165, 1.54) is 24.2 Å². The van der Waals surface area contributed by atoms with Crippen molar-refractivity contribution in [1.29, 1.82) is 0 Å². The molecule has 2 N–H and O–H groups in total. The molecule has 1 amide bonds. The van der Waals surface area contributed by atoms with Crippen molar-refractivity contribution in [3.8, 4) is 0 Å². The Morgan fingerprint density at radius 1 is 1.15 bits per heavy atom. The van der Waals surface area contributed by atoms with Crippen LogP contribution in [0.15, 0.2) is 42.5 Å². The first-order valence-electron chi connectivity index (χ1n) is 9.08. The van der Waals surface area contributed by atoms with Crippen LogP contribution in [-0.4, -0.2) is 42.7 Å². The second kappa shape index (κ2) is 7.70. The smallest absolute Gasteiger partial charge is 0.337 e. The molecule has 27 heavy (non-hydrogen) atoms. The van der Waals surface area contributed by atoms with Crippen LogP contribution in [0.25, 0.3) is 0 Å². The summed E-state index contributed by atoms with van der Waals surface area (Å²) in [6.07, 6.45) is 0. The van der Waals surface area contributed by atoms with Crippen LogP contribution in [-0.2, 0) is 4.79 Å². The fourth-order valence-corrected chi connectivity index (χ4v) is 3.63. The number of benzene rings is 2. The zero-order valence-electron chi connectivity index (χ0n) is 15.9. The van der Waals surface area contributed by atoms with Crippen molar-refractivity contribution in [1.82, 2.24) is 0 Å². The number of aromatic carboxylic acids is 1. The van der Waals surface area contributed by atoms with Gasteiger partial charge in [-0.05, 0) is 49.7 Å². The maximum Gasteiger partial charge on any atom is 0.337 e. The van der Waals surface area contributed by atoms with E-state index in [-0.39, 0.29) is 17.5 Å². The van der Waals surface area contributed by atoms with Crippen molar-refractivity contribution in [2.24, 2.45) is 0 Å². The van der Waals surface area contributed by atoms with Crippen molar-refractivity contribution < 1.29 is 14.7 Å². The van der Waals surface area contributed by atoms with Crippen LogP contribution in [0.5, 0.6) is 0 Å². The third-order valence-electron chi connectivity index (χ3n) is 4.85. The Balaban J connectivity index is 1.82. The van der Waals surface area contributed by atoms with Crippen LogP contribution in [0, 0.1) is 6.92 Å². The minimum absolute atomic E-state index is 0.206. The molecule has 142 valence electrons. The lowest BCUT2D eigenvalue weighted by molar-refractivity contribution is -0.114. The summed E-state index contributed by atoms with van der Waals surface area (Å²) in [6, 6.07) is 13.7. The average molecular weight is 367 g/mol. The number of anilines is 3. The Kier molecular flexibility index (Phi) is 5.35. The minimum Gasteiger partial charge on any atom is -0.478 e. The monoisotopic (exact) mass is 367 g/mol. The maximum atomic E-state index is 11.8. The summed E-state index contributed by atoms with van der Waals surface area (Å²) in [4.78, 5) is 27.5. The van der Waals surface area contributed by atoms with Crippen LogP contribution >= 0.6 is 0 Å². The first kappa shape index (κ1) is 18.8. The van der Waals surface area contributed by atoms with E-state index in [1.54, 1.807) is 12.1 Å². The van der Waals surface area contributed by atoms with Crippen LogP contribution in [0.4, 0.5) is 17.1 Å².